The van der Waals surface area contributed by atoms with Gasteiger partial charge in [0.25, 0.3) is 15.9 Å². The molecule has 0 saturated heterocycles. The van der Waals surface area contributed by atoms with Gasteiger partial charge in [-0.2, -0.15) is 0 Å². The molecular formula is C19H23ClN2O3S. The molecule has 0 saturated carbocycles. The summed E-state index contributed by atoms with van der Waals surface area (Å²) in [6, 6.07) is 11.3. The quantitative estimate of drug-likeness (QED) is 0.732. The third-order valence-electron chi connectivity index (χ3n) is 3.97. The first-order valence-electron chi connectivity index (χ1n) is 8.43. The maximum Gasteiger partial charge on any atom is 0.263 e. The number of carbonyl (C=O) groups excluding carboxylic acids is 1. The first-order valence-corrected chi connectivity index (χ1v) is 10.3. The van der Waals surface area contributed by atoms with E-state index in [2.05, 4.69) is 10.0 Å². The summed E-state index contributed by atoms with van der Waals surface area (Å²) in [6.07, 6.45) is 1.79. The largest absolute Gasteiger partial charge is 0.350 e. The van der Waals surface area contributed by atoms with Crippen molar-refractivity contribution in [3.63, 3.8) is 0 Å². The summed E-state index contributed by atoms with van der Waals surface area (Å²) in [5.41, 5.74) is 1.51. The van der Waals surface area contributed by atoms with E-state index in [4.69, 9.17) is 11.6 Å². The minimum absolute atomic E-state index is 0.00771. The van der Waals surface area contributed by atoms with Gasteiger partial charge in [-0.1, -0.05) is 43.1 Å². The molecule has 0 aliphatic rings. The second kappa shape index (κ2) is 8.56. The van der Waals surface area contributed by atoms with E-state index in [1.54, 1.807) is 25.1 Å². The van der Waals surface area contributed by atoms with Crippen molar-refractivity contribution in [3.8, 4) is 0 Å². The molecule has 2 aromatic carbocycles. The van der Waals surface area contributed by atoms with Crippen molar-refractivity contribution >= 4 is 33.2 Å². The molecule has 1 amide bonds. The smallest absolute Gasteiger partial charge is 0.263 e. The first kappa shape index (κ1) is 20.3. The van der Waals surface area contributed by atoms with Gasteiger partial charge in [0, 0.05) is 11.6 Å². The summed E-state index contributed by atoms with van der Waals surface area (Å²) < 4.78 is 28.0. The Balaban J connectivity index is 2.31. The van der Waals surface area contributed by atoms with Crippen LogP contribution in [0.5, 0.6) is 0 Å². The number of rotatable bonds is 7. The summed E-state index contributed by atoms with van der Waals surface area (Å²) in [4.78, 5) is 12.2. The van der Waals surface area contributed by atoms with Gasteiger partial charge < -0.3 is 5.32 Å². The lowest BCUT2D eigenvalue weighted by Gasteiger charge is -2.15. The van der Waals surface area contributed by atoms with Gasteiger partial charge >= 0.3 is 0 Å². The third kappa shape index (κ3) is 4.99. The summed E-state index contributed by atoms with van der Waals surface area (Å²) in [6.45, 7) is 5.75. The highest BCUT2D eigenvalue weighted by molar-refractivity contribution is 7.92. The molecule has 0 aliphatic heterocycles. The monoisotopic (exact) mass is 394 g/mol. The van der Waals surface area contributed by atoms with Gasteiger partial charge in [-0.25, -0.2) is 8.42 Å². The van der Waals surface area contributed by atoms with Crippen LogP contribution in [0.15, 0.2) is 47.4 Å². The Morgan fingerprint density at radius 3 is 2.54 bits per heavy atom. The van der Waals surface area contributed by atoms with Crippen LogP contribution in [-0.4, -0.2) is 20.4 Å². The van der Waals surface area contributed by atoms with Crippen molar-refractivity contribution in [2.24, 2.45) is 0 Å². The van der Waals surface area contributed by atoms with E-state index < -0.39 is 10.0 Å². The predicted molar refractivity (Wildman–Crippen MR) is 105 cm³/mol. The Bertz CT molecular complexity index is 897. The molecule has 0 bridgehead atoms. The van der Waals surface area contributed by atoms with Crippen LogP contribution in [-0.2, 0) is 10.0 Å². The van der Waals surface area contributed by atoms with E-state index in [-0.39, 0.29) is 27.4 Å². The van der Waals surface area contributed by atoms with Crippen LogP contribution in [0.3, 0.4) is 0 Å². The molecule has 0 radical (unpaired) electrons. The Kier molecular flexibility index (Phi) is 6.67. The average Bonchev–Trinajstić information content (AvgIpc) is 2.57. The number of benzene rings is 2. The molecule has 2 aromatic rings. The predicted octanol–water partition coefficient (Wildman–Crippen LogP) is 4.37. The van der Waals surface area contributed by atoms with Crippen molar-refractivity contribution in [1.82, 2.24) is 5.32 Å². The van der Waals surface area contributed by atoms with Gasteiger partial charge in [-0.15, -0.1) is 0 Å². The highest BCUT2D eigenvalue weighted by Crippen LogP contribution is 2.26. The molecule has 2 rings (SSSR count). The minimum Gasteiger partial charge on any atom is -0.350 e. The van der Waals surface area contributed by atoms with E-state index in [1.165, 1.54) is 18.2 Å². The molecule has 0 spiro atoms. The first-order chi connectivity index (χ1) is 12.2. The van der Waals surface area contributed by atoms with Crippen molar-refractivity contribution < 1.29 is 13.2 Å². The molecule has 5 nitrogen and oxygen atoms in total. The van der Waals surface area contributed by atoms with Gasteiger partial charge in [0.05, 0.1) is 10.7 Å². The molecule has 0 unspecified atom stereocenters. The van der Waals surface area contributed by atoms with Crippen LogP contribution < -0.4 is 10.0 Å². The number of aryl methyl sites for hydroxylation is 1. The fourth-order valence-electron chi connectivity index (χ4n) is 2.55. The van der Waals surface area contributed by atoms with Gasteiger partial charge in [-0.3, -0.25) is 9.52 Å². The van der Waals surface area contributed by atoms with Gasteiger partial charge in [-0.05, 0) is 50.1 Å². The van der Waals surface area contributed by atoms with E-state index in [0.29, 0.717) is 5.69 Å². The zero-order chi connectivity index (χ0) is 19.3. The Morgan fingerprint density at radius 2 is 1.88 bits per heavy atom. The summed E-state index contributed by atoms with van der Waals surface area (Å²) in [5, 5.41) is 2.92. The third-order valence-corrected chi connectivity index (χ3v) is 5.82. The van der Waals surface area contributed by atoms with Crippen LogP contribution in [0.25, 0.3) is 0 Å². The van der Waals surface area contributed by atoms with Crippen LogP contribution >= 0.6 is 11.6 Å². The zero-order valence-electron chi connectivity index (χ0n) is 15.0. The molecule has 0 heterocycles. The molecule has 0 fully saturated rings. The molecule has 2 N–H and O–H groups in total. The number of sulfonamides is 1. The summed E-state index contributed by atoms with van der Waals surface area (Å²) in [7, 11) is -3.92. The number of nitrogens with one attached hydrogen (secondary N) is 2. The summed E-state index contributed by atoms with van der Waals surface area (Å²) in [5.74, 6) is -0.324. The van der Waals surface area contributed by atoms with Crippen LogP contribution in [0.4, 0.5) is 5.69 Å². The minimum atomic E-state index is -3.92. The number of anilines is 1. The van der Waals surface area contributed by atoms with E-state index in [1.807, 2.05) is 19.9 Å². The highest BCUT2D eigenvalue weighted by atomic mass is 35.5. The van der Waals surface area contributed by atoms with Crippen molar-refractivity contribution in [1.29, 1.82) is 0 Å². The topological polar surface area (TPSA) is 75.3 Å². The highest BCUT2D eigenvalue weighted by Gasteiger charge is 2.21. The number of hydrogen-bond donors (Lipinski definition) is 2. The lowest BCUT2D eigenvalue weighted by molar-refractivity contribution is 0.0938. The normalized spacial score (nSPS) is 12.5. The van der Waals surface area contributed by atoms with Crippen LogP contribution in [0, 0.1) is 6.92 Å². The average molecular weight is 395 g/mol. The SMILES string of the molecule is CCC[C@H](C)NC(=O)c1ccc(Cl)c(S(=O)(=O)Nc2ccccc2C)c1. The van der Waals surface area contributed by atoms with Gasteiger partial charge in [0.2, 0.25) is 0 Å². The maximum absolute atomic E-state index is 12.7. The second-order valence-corrected chi connectivity index (χ2v) is 8.29. The van der Waals surface area contributed by atoms with Crippen LogP contribution in [0.2, 0.25) is 5.02 Å². The molecule has 1 atom stereocenters. The molecule has 0 aromatic heterocycles. The van der Waals surface area contributed by atoms with E-state index >= 15 is 0 Å². The van der Waals surface area contributed by atoms with E-state index in [0.717, 1.165) is 18.4 Å². The number of amides is 1. The van der Waals surface area contributed by atoms with E-state index in [9.17, 15) is 13.2 Å². The Hall–Kier alpha value is -2.05. The second-order valence-electron chi connectivity index (χ2n) is 6.23. The molecule has 140 valence electrons. The number of hydrogen-bond acceptors (Lipinski definition) is 3. The standard InChI is InChI=1S/C19H23ClN2O3S/c1-4-7-14(3)21-19(23)15-10-11-16(20)18(12-15)26(24,25)22-17-9-6-5-8-13(17)2/h5-6,8-12,14,22H,4,7H2,1-3H3,(H,21,23)/t14-/m0/s1. The number of para-hydroxylation sites is 1. The molecular weight excluding hydrogens is 372 g/mol. The summed E-state index contributed by atoms with van der Waals surface area (Å²) >= 11 is 6.10. The molecule has 26 heavy (non-hydrogen) atoms. The van der Waals surface area contributed by atoms with Crippen LogP contribution in [0.1, 0.15) is 42.6 Å². The lowest BCUT2D eigenvalue weighted by Crippen LogP contribution is -2.32. The molecule has 7 heteroatoms. The Labute approximate surface area is 159 Å². The lowest BCUT2D eigenvalue weighted by atomic mass is 10.1. The van der Waals surface area contributed by atoms with Crippen molar-refractivity contribution in [2.75, 3.05) is 4.72 Å². The van der Waals surface area contributed by atoms with Crippen molar-refractivity contribution in [3.05, 3.63) is 58.6 Å². The zero-order valence-corrected chi connectivity index (χ0v) is 16.6. The van der Waals surface area contributed by atoms with Gasteiger partial charge in [0.1, 0.15) is 4.90 Å². The number of halogens is 1. The Morgan fingerprint density at radius 1 is 1.19 bits per heavy atom. The molecule has 0 aliphatic carbocycles. The maximum atomic E-state index is 12.7. The fraction of sp³-hybridized carbons (Fsp3) is 0.316. The fourth-order valence-corrected chi connectivity index (χ4v) is 4.21. The van der Waals surface area contributed by atoms with Gasteiger partial charge in [0.15, 0.2) is 0 Å². The number of carbonyl (C=O) groups is 1. The van der Waals surface area contributed by atoms with Crippen molar-refractivity contribution in [2.45, 2.75) is 44.6 Å².